The maximum Gasteiger partial charge on any atom is 0.224 e. The molecule has 1 amide bonds. The molecule has 0 bridgehead atoms. The lowest BCUT2D eigenvalue weighted by atomic mass is 10.1. The van der Waals surface area contributed by atoms with E-state index in [-0.39, 0.29) is 18.3 Å². The highest BCUT2D eigenvalue weighted by Crippen LogP contribution is 2.15. The van der Waals surface area contributed by atoms with Gasteiger partial charge in [-0.25, -0.2) is 0 Å². The Hall–Kier alpha value is -1.58. The van der Waals surface area contributed by atoms with Crippen LogP contribution in [0.5, 0.6) is 0 Å². The van der Waals surface area contributed by atoms with Crippen LogP contribution in [0.25, 0.3) is 10.8 Å². The van der Waals surface area contributed by atoms with Gasteiger partial charge in [0.05, 0.1) is 6.42 Å². The molecular weight excluding hydrogens is 272 g/mol. The SMILES string of the molecule is CCNCCNC(=O)Cc1ccc2ccccc2c1.Cl. The first-order valence-corrected chi connectivity index (χ1v) is 6.74. The summed E-state index contributed by atoms with van der Waals surface area (Å²) in [7, 11) is 0. The van der Waals surface area contributed by atoms with Gasteiger partial charge in [-0.2, -0.15) is 0 Å². The fourth-order valence-corrected chi connectivity index (χ4v) is 2.06. The van der Waals surface area contributed by atoms with Crippen LogP contribution in [0.3, 0.4) is 0 Å². The molecule has 0 heterocycles. The number of nitrogens with one attached hydrogen (secondary N) is 2. The van der Waals surface area contributed by atoms with Gasteiger partial charge in [0.25, 0.3) is 0 Å². The van der Waals surface area contributed by atoms with Crippen LogP contribution < -0.4 is 10.6 Å². The Morgan fingerprint density at radius 3 is 2.55 bits per heavy atom. The molecule has 0 spiro atoms. The lowest BCUT2D eigenvalue weighted by Gasteiger charge is -2.06. The molecule has 108 valence electrons. The Balaban J connectivity index is 0.00000200. The van der Waals surface area contributed by atoms with E-state index in [0.29, 0.717) is 13.0 Å². The minimum absolute atomic E-state index is 0. The largest absolute Gasteiger partial charge is 0.355 e. The molecule has 2 rings (SSSR count). The predicted molar refractivity (Wildman–Crippen MR) is 86.5 cm³/mol. The summed E-state index contributed by atoms with van der Waals surface area (Å²) in [5.74, 6) is 0.0770. The van der Waals surface area contributed by atoms with Crippen LogP contribution in [0, 0.1) is 0 Å². The summed E-state index contributed by atoms with van der Waals surface area (Å²) < 4.78 is 0. The third-order valence-electron chi connectivity index (χ3n) is 3.05. The molecule has 0 aliphatic carbocycles. The lowest BCUT2D eigenvalue weighted by Crippen LogP contribution is -2.32. The van der Waals surface area contributed by atoms with Crippen LogP contribution in [0.2, 0.25) is 0 Å². The first kappa shape index (κ1) is 16.5. The van der Waals surface area contributed by atoms with Crippen molar-refractivity contribution in [3.05, 3.63) is 48.0 Å². The number of likely N-dealkylation sites (N-methyl/N-ethyl adjacent to an activating group) is 1. The van der Waals surface area contributed by atoms with Crippen molar-refractivity contribution < 1.29 is 4.79 Å². The van der Waals surface area contributed by atoms with Gasteiger partial charge in [0.2, 0.25) is 5.91 Å². The quantitative estimate of drug-likeness (QED) is 0.803. The summed E-state index contributed by atoms with van der Waals surface area (Å²) >= 11 is 0. The van der Waals surface area contributed by atoms with E-state index in [1.54, 1.807) is 0 Å². The zero-order valence-corrected chi connectivity index (χ0v) is 12.5. The Labute approximate surface area is 126 Å². The maximum atomic E-state index is 11.8. The fourth-order valence-electron chi connectivity index (χ4n) is 2.06. The van der Waals surface area contributed by atoms with E-state index in [2.05, 4.69) is 41.8 Å². The van der Waals surface area contributed by atoms with Gasteiger partial charge < -0.3 is 10.6 Å². The summed E-state index contributed by atoms with van der Waals surface area (Å²) in [6, 6.07) is 14.4. The number of carbonyl (C=O) groups is 1. The van der Waals surface area contributed by atoms with Crippen LogP contribution in [0.1, 0.15) is 12.5 Å². The molecule has 0 unspecified atom stereocenters. The average molecular weight is 293 g/mol. The van der Waals surface area contributed by atoms with E-state index in [9.17, 15) is 4.79 Å². The molecule has 2 aromatic carbocycles. The Morgan fingerprint density at radius 2 is 1.80 bits per heavy atom. The second kappa shape index (κ2) is 8.56. The van der Waals surface area contributed by atoms with Gasteiger partial charge in [0.1, 0.15) is 0 Å². The van der Waals surface area contributed by atoms with Gasteiger partial charge in [-0.15, -0.1) is 12.4 Å². The number of amides is 1. The van der Waals surface area contributed by atoms with Gasteiger partial charge >= 0.3 is 0 Å². The monoisotopic (exact) mass is 292 g/mol. The number of rotatable bonds is 6. The van der Waals surface area contributed by atoms with Crippen LogP contribution in [0.4, 0.5) is 0 Å². The molecule has 0 atom stereocenters. The van der Waals surface area contributed by atoms with Gasteiger partial charge in [-0.1, -0.05) is 49.4 Å². The highest BCUT2D eigenvalue weighted by molar-refractivity contribution is 5.85. The molecule has 0 radical (unpaired) electrons. The first-order valence-electron chi connectivity index (χ1n) is 6.74. The highest BCUT2D eigenvalue weighted by atomic mass is 35.5. The normalized spacial score (nSPS) is 10.1. The zero-order valence-electron chi connectivity index (χ0n) is 11.7. The number of carbonyl (C=O) groups excluding carboxylic acids is 1. The smallest absolute Gasteiger partial charge is 0.224 e. The molecule has 0 saturated heterocycles. The second-order valence-electron chi connectivity index (χ2n) is 4.56. The molecular formula is C16H21ClN2O. The van der Waals surface area contributed by atoms with E-state index in [1.165, 1.54) is 10.8 Å². The molecule has 0 aliphatic rings. The van der Waals surface area contributed by atoms with Crippen molar-refractivity contribution in [1.82, 2.24) is 10.6 Å². The van der Waals surface area contributed by atoms with Gasteiger partial charge in [-0.05, 0) is 22.9 Å². The number of halogens is 1. The number of hydrogen-bond acceptors (Lipinski definition) is 2. The summed E-state index contributed by atoms with van der Waals surface area (Å²) in [5, 5.41) is 8.48. The maximum absolute atomic E-state index is 11.8. The molecule has 0 aliphatic heterocycles. The summed E-state index contributed by atoms with van der Waals surface area (Å²) in [5.41, 5.74) is 1.06. The summed E-state index contributed by atoms with van der Waals surface area (Å²) in [6.45, 7) is 4.48. The molecule has 20 heavy (non-hydrogen) atoms. The number of benzene rings is 2. The van der Waals surface area contributed by atoms with E-state index < -0.39 is 0 Å². The number of fused-ring (bicyclic) bond motifs is 1. The fraction of sp³-hybridized carbons (Fsp3) is 0.312. The minimum atomic E-state index is 0. The van der Waals surface area contributed by atoms with Crippen LogP contribution in [-0.2, 0) is 11.2 Å². The Bertz CT molecular complexity index is 557. The number of hydrogen-bond donors (Lipinski definition) is 2. The predicted octanol–water partition coefficient (Wildman–Crippen LogP) is 2.53. The van der Waals surface area contributed by atoms with Gasteiger partial charge in [0.15, 0.2) is 0 Å². The van der Waals surface area contributed by atoms with E-state index in [4.69, 9.17) is 0 Å². The highest BCUT2D eigenvalue weighted by Gasteiger charge is 2.03. The summed E-state index contributed by atoms with van der Waals surface area (Å²) in [6.07, 6.45) is 0.441. The van der Waals surface area contributed by atoms with E-state index >= 15 is 0 Å². The van der Waals surface area contributed by atoms with Crippen molar-refractivity contribution >= 4 is 29.1 Å². The summed E-state index contributed by atoms with van der Waals surface area (Å²) in [4.78, 5) is 11.8. The molecule has 2 N–H and O–H groups in total. The third-order valence-corrected chi connectivity index (χ3v) is 3.05. The van der Waals surface area contributed by atoms with E-state index in [0.717, 1.165) is 18.7 Å². The topological polar surface area (TPSA) is 41.1 Å². The molecule has 3 nitrogen and oxygen atoms in total. The van der Waals surface area contributed by atoms with Crippen LogP contribution in [-0.4, -0.2) is 25.5 Å². The van der Waals surface area contributed by atoms with Crippen molar-refractivity contribution in [2.45, 2.75) is 13.3 Å². The minimum Gasteiger partial charge on any atom is -0.355 e. The molecule has 2 aromatic rings. The second-order valence-corrected chi connectivity index (χ2v) is 4.56. The van der Waals surface area contributed by atoms with Gasteiger partial charge in [0, 0.05) is 13.1 Å². The standard InChI is InChI=1S/C16H20N2O.ClH/c1-2-17-9-10-18-16(19)12-13-7-8-14-5-3-4-6-15(14)11-13;/h3-8,11,17H,2,9-10,12H2,1H3,(H,18,19);1H. The molecule has 0 fully saturated rings. The molecule has 4 heteroatoms. The van der Waals surface area contributed by atoms with Crippen molar-refractivity contribution in [3.63, 3.8) is 0 Å². The zero-order chi connectivity index (χ0) is 13.5. The first-order chi connectivity index (χ1) is 9.29. The lowest BCUT2D eigenvalue weighted by molar-refractivity contribution is -0.120. The average Bonchev–Trinajstić information content (AvgIpc) is 2.43. The third kappa shape index (κ3) is 4.83. The van der Waals surface area contributed by atoms with Crippen molar-refractivity contribution in [2.24, 2.45) is 0 Å². The van der Waals surface area contributed by atoms with Crippen LogP contribution >= 0.6 is 12.4 Å². The Kier molecular flexibility index (Phi) is 7.05. The van der Waals surface area contributed by atoms with Crippen molar-refractivity contribution in [2.75, 3.05) is 19.6 Å². The van der Waals surface area contributed by atoms with Crippen molar-refractivity contribution in [3.8, 4) is 0 Å². The van der Waals surface area contributed by atoms with Crippen molar-refractivity contribution in [1.29, 1.82) is 0 Å². The molecule has 0 saturated carbocycles. The molecule has 0 aromatic heterocycles. The van der Waals surface area contributed by atoms with Gasteiger partial charge in [-0.3, -0.25) is 4.79 Å². The van der Waals surface area contributed by atoms with Crippen LogP contribution in [0.15, 0.2) is 42.5 Å². The Morgan fingerprint density at radius 1 is 1.05 bits per heavy atom. The van der Waals surface area contributed by atoms with E-state index in [1.807, 2.05) is 18.2 Å².